The molecule has 0 aromatic heterocycles. The lowest BCUT2D eigenvalue weighted by Crippen LogP contribution is -1.93. The van der Waals surface area contributed by atoms with E-state index in [0.29, 0.717) is 11.3 Å². The largest absolute Gasteiger partial charge is 0.504 e. The molecule has 3 aromatic rings. The van der Waals surface area contributed by atoms with Gasteiger partial charge in [0.05, 0.1) is 13.2 Å². The zero-order chi connectivity index (χ0) is 16.2. The van der Waals surface area contributed by atoms with E-state index in [9.17, 15) is 5.11 Å². The third-order valence-corrected chi connectivity index (χ3v) is 3.94. The zero-order valence-corrected chi connectivity index (χ0v) is 13.2. The maximum Gasteiger partial charge on any atom is 0.166 e. The molecule has 116 valence electrons. The molecule has 3 heteroatoms. The van der Waals surface area contributed by atoms with E-state index in [-0.39, 0.29) is 11.8 Å². The molecule has 0 aliphatic heterocycles. The Morgan fingerprint density at radius 1 is 1.00 bits per heavy atom. The molecule has 0 aliphatic rings. The number of aliphatic imine (C=N–C) groups is 1. The summed E-state index contributed by atoms with van der Waals surface area (Å²) in [6.45, 7) is 2.04. The average molecular weight is 305 g/mol. The van der Waals surface area contributed by atoms with Crippen LogP contribution in [0.2, 0.25) is 0 Å². The first-order chi connectivity index (χ1) is 11.2. The van der Waals surface area contributed by atoms with Crippen molar-refractivity contribution in [2.45, 2.75) is 13.0 Å². The number of nitrogens with zero attached hydrogens (tertiary/aromatic N) is 1. The third kappa shape index (κ3) is 3.19. The predicted molar refractivity (Wildman–Crippen MR) is 94.6 cm³/mol. The van der Waals surface area contributed by atoms with Crippen LogP contribution in [0.5, 0.6) is 11.5 Å². The lowest BCUT2D eigenvalue weighted by molar-refractivity contribution is 0.373. The minimum Gasteiger partial charge on any atom is -0.504 e. The van der Waals surface area contributed by atoms with Gasteiger partial charge in [0.1, 0.15) is 0 Å². The number of methoxy groups -OCH3 is 1. The number of hydrogen-bond acceptors (Lipinski definition) is 3. The van der Waals surface area contributed by atoms with Gasteiger partial charge in [-0.15, -0.1) is 0 Å². The number of phenolic OH excluding ortho intramolecular Hbond substituents is 1. The van der Waals surface area contributed by atoms with Crippen molar-refractivity contribution in [2.75, 3.05) is 7.11 Å². The normalized spacial score (nSPS) is 12.6. The molecule has 0 amide bonds. The molecule has 3 rings (SSSR count). The van der Waals surface area contributed by atoms with Crippen LogP contribution in [-0.2, 0) is 0 Å². The van der Waals surface area contributed by atoms with Crippen LogP contribution in [0.4, 0.5) is 0 Å². The van der Waals surface area contributed by atoms with Crippen molar-refractivity contribution in [3.05, 3.63) is 71.8 Å². The van der Waals surface area contributed by atoms with Gasteiger partial charge in [-0.2, -0.15) is 0 Å². The van der Waals surface area contributed by atoms with E-state index in [2.05, 4.69) is 35.3 Å². The molecule has 23 heavy (non-hydrogen) atoms. The average Bonchev–Trinajstić information content (AvgIpc) is 2.60. The summed E-state index contributed by atoms with van der Waals surface area (Å²) in [5, 5.41) is 12.5. The van der Waals surface area contributed by atoms with Crippen LogP contribution in [0.1, 0.15) is 24.1 Å². The van der Waals surface area contributed by atoms with E-state index in [4.69, 9.17) is 4.74 Å². The van der Waals surface area contributed by atoms with E-state index in [1.807, 2.05) is 31.2 Å². The minimum atomic E-state index is 0.00482. The SMILES string of the molecule is COc1cccc(C=N[C@H](C)c2ccc3ccccc3c2)c1O. The predicted octanol–water partition coefficient (Wildman–Crippen LogP) is 4.73. The topological polar surface area (TPSA) is 41.8 Å². The van der Waals surface area contributed by atoms with Gasteiger partial charge in [-0.3, -0.25) is 4.99 Å². The highest BCUT2D eigenvalue weighted by molar-refractivity contribution is 5.85. The Balaban J connectivity index is 1.86. The van der Waals surface area contributed by atoms with Crippen LogP contribution in [0.25, 0.3) is 10.8 Å². The van der Waals surface area contributed by atoms with E-state index in [1.165, 1.54) is 17.9 Å². The van der Waals surface area contributed by atoms with Gasteiger partial charge in [-0.25, -0.2) is 0 Å². The van der Waals surface area contributed by atoms with Crippen molar-refractivity contribution in [2.24, 2.45) is 4.99 Å². The van der Waals surface area contributed by atoms with Crippen molar-refractivity contribution < 1.29 is 9.84 Å². The fourth-order valence-electron chi connectivity index (χ4n) is 2.55. The van der Waals surface area contributed by atoms with Crippen LogP contribution in [-0.4, -0.2) is 18.4 Å². The van der Waals surface area contributed by atoms with E-state index in [0.717, 1.165) is 5.56 Å². The first-order valence-electron chi connectivity index (χ1n) is 7.57. The molecule has 0 radical (unpaired) electrons. The zero-order valence-electron chi connectivity index (χ0n) is 13.2. The Labute approximate surface area is 135 Å². The van der Waals surface area contributed by atoms with Gasteiger partial charge in [-0.1, -0.05) is 42.5 Å². The Bertz CT molecular complexity index is 855. The van der Waals surface area contributed by atoms with E-state index in [1.54, 1.807) is 12.3 Å². The molecule has 0 unspecified atom stereocenters. The van der Waals surface area contributed by atoms with Crippen LogP contribution in [0.15, 0.2) is 65.7 Å². The van der Waals surface area contributed by atoms with Gasteiger partial charge in [0.25, 0.3) is 0 Å². The van der Waals surface area contributed by atoms with Gasteiger partial charge < -0.3 is 9.84 Å². The Kier molecular flexibility index (Phi) is 4.29. The summed E-state index contributed by atoms with van der Waals surface area (Å²) in [7, 11) is 1.54. The second-order valence-electron chi connectivity index (χ2n) is 5.46. The standard InChI is InChI=1S/C20H19NO2/c1-14(16-11-10-15-6-3-4-7-17(15)12-16)21-13-18-8-5-9-19(23-2)20(18)22/h3-14,22H,1-2H3/t14-/m1/s1. The fourth-order valence-corrected chi connectivity index (χ4v) is 2.55. The summed E-state index contributed by atoms with van der Waals surface area (Å²) >= 11 is 0. The second kappa shape index (κ2) is 6.53. The van der Waals surface area contributed by atoms with Crippen LogP contribution < -0.4 is 4.74 Å². The molecule has 3 nitrogen and oxygen atoms in total. The number of para-hydroxylation sites is 1. The lowest BCUT2D eigenvalue weighted by atomic mass is 10.0. The molecule has 1 N–H and O–H groups in total. The molecule has 0 aliphatic carbocycles. The first kappa shape index (κ1) is 15.1. The maximum absolute atomic E-state index is 10.1. The molecule has 1 atom stereocenters. The number of rotatable bonds is 4. The van der Waals surface area contributed by atoms with Gasteiger partial charge in [0.15, 0.2) is 11.5 Å². The Hall–Kier alpha value is -2.81. The fraction of sp³-hybridized carbons (Fsp3) is 0.150. The first-order valence-corrected chi connectivity index (χ1v) is 7.57. The molecular formula is C20H19NO2. The molecular weight excluding hydrogens is 286 g/mol. The molecule has 0 heterocycles. The number of phenols is 1. The molecule has 0 saturated heterocycles. The summed E-state index contributed by atoms with van der Waals surface area (Å²) in [6, 6.07) is 20.0. The molecule has 0 spiro atoms. The second-order valence-corrected chi connectivity index (χ2v) is 5.46. The van der Waals surface area contributed by atoms with E-state index < -0.39 is 0 Å². The summed E-state index contributed by atoms with van der Waals surface area (Å²) in [6.07, 6.45) is 1.69. The summed E-state index contributed by atoms with van der Waals surface area (Å²) in [5.74, 6) is 0.566. The number of ether oxygens (including phenoxy) is 1. The molecule has 0 bridgehead atoms. The van der Waals surface area contributed by atoms with Crippen molar-refractivity contribution in [3.8, 4) is 11.5 Å². The summed E-state index contributed by atoms with van der Waals surface area (Å²) < 4.78 is 5.11. The number of hydrogen-bond donors (Lipinski definition) is 1. The van der Waals surface area contributed by atoms with Gasteiger partial charge in [-0.05, 0) is 41.5 Å². The monoisotopic (exact) mass is 305 g/mol. The quantitative estimate of drug-likeness (QED) is 0.708. The van der Waals surface area contributed by atoms with Gasteiger partial charge in [0.2, 0.25) is 0 Å². The number of aromatic hydroxyl groups is 1. The van der Waals surface area contributed by atoms with Gasteiger partial charge in [0, 0.05) is 11.8 Å². The smallest absolute Gasteiger partial charge is 0.166 e. The third-order valence-electron chi connectivity index (χ3n) is 3.94. The maximum atomic E-state index is 10.1. The highest BCUT2D eigenvalue weighted by Crippen LogP contribution is 2.29. The van der Waals surface area contributed by atoms with Crippen molar-refractivity contribution in [1.82, 2.24) is 0 Å². The highest BCUT2D eigenvalue weighted by atomic mass is 16.5. The molecule has 3 aromatic carbocycles. The Morgan fingerprint density at radius 2 is 1.78 bits per heavy atom. The number of benzene rings is 3. The number of fused-ring (bicyclic) bond motifs is 1. The highest BCUT2D eigenvalue weighted by Gasteiger charge is 2.07. The Morgan fingerprint density at radius 3 is 2.57 bits per heavy atom. The molecule has 0 saturated carbocycles. The van der Waals surface area contributed by atoms with Crippen LogP contribution in [0.3, 0.4) is 0 Å². The van der Waals surface area contributed by atoms with Crippen molar-refractivity contribution in [3.63, 3.8) is 0 Å². The summed E-state index contributed by atoms with van der Waals surface area (Å²) in [5.41, 5.74) is 1.79. The van der Waals surface area contributed by atoms with Crippen LogP contribution in [0, 0.1) is 0 Å². The van der Waals surface area contributed by atoms with Crippen molar-refractivity contribution in [1.29, 1.82) is 0 Å². The minimum absolute atomic E-state index is 0.00482. The molecule has 0 fully saturated rings. The van der Waals surface area contributed by atoms with E-state index >= 15 is 0 Å². The lowest BCUT2D eigenvalue weighted by Gasteiger charge is -2.09. The van der Waals surface area contributed by atoms with Gasteiger partial charge >= 0.3 is 0 Å². The summed E-state index contributed by atoms with van der Waals surface area (Å²) in [4.78, 5) is 4.57. The van der Waals surface area contributed by atoms with Crippen molar-refractivity contribution >= 4 is 17.0 Å². The van der Waals surface area contributed by atoms with Crippen LogP contribution >= 0.6 is 0 Å².